The predicted octanol–water partition coefficient (Wildman–Crippen LogP) is 1.84. The molecule has 0 saturated carbocycles. The average molecular weight is 306 g/mol. The molecule has 0 aliphatic rings. The fraction of sp³-hybridized carbons (Fsp3) is 0.357. The maximum atomic E-state index is 12.2. The number of benzene rings is 1. The molecule has 112 valence electrons. The standard InChI is InChI=1S/C14H18N4O2S/c1-10(11-6-4-3-5-7-11)18(2)13(19)9-21-14-17-16-12(8-15)20-14/h3-7,10H,8-9,15H2,1-2H3. The van der Waals surface area contributed by atoms with Crippen LogP contribution in [0.25, 0.3) is 0 Å². The third-order valence-electron chi connectivity index (χ3n) is 3.20. The Morgan fingerprint density at radius 3 is 2.71 bits per heavy atom. The first-order chi connectivity index (χ1) is 10.1. The zero-order chi connectivity index (χ0) is 15.2. The van der Waals surface area contributed by atoms with Gasteiger partial charge in [0.2, 0.25) is 11.8 Å². The van der Waals surface area contributed by atoms with Gasteiger partial charge in [0, 0.05) is 7.05 Å². The monoisotopic (exact) mass is 306 g/mol. The summed E-state index contributed by atoms with van der Waals surface area (Å²) in [7, 11) is 1.79. The van der Waals surface area contributed by atoms with Gasteiger partial charge in [-0.3, -0.25) is 4.79 Å². The Hall–Kier alpha value is -1.86. The zero-order valence-corrected chi connectivity index (χ0v) is 12.8. The molecule has 6 nitrogen and oxygen atoms in total. The molecule has 1 aromatic heterocycles. The summed E-state index contributed by atoms with van der Waals surface area (Å²) >= 11 is 1.22. The Balaban J connectivity index is 1.90. The number of nitrogens with zero attached hydrogens (tertiary/aromatic N) is 3. The van der Waals surface area contributed by atoms with E-state index in [4.69, 9.17) is 10.2 Å². The van der Waals surface area contributed by atoms with Gasteiger partial charge in [0.05, 0.1) is 18.3 Å². The third-order valence-corrected chi connectivity index (χ3v) is 4.00. The van der Waals surface area contributed by atoms with Gasteiger partial charge in [-0.25, -0.2) is 0 Å². The number of rotatable bonds is 6. The van der Waals surface area contributed by atoms with Crippen LogP contribution < -0.4 is 5.73 Å². The van der Waals surface area contributed by atoms with E-state index in [1.807, 2.05) is 37.3 Å². The SMILES string of the molecule is CC(c1ccccc1)N(C)C(=O)CSc1nnc(CN)o1. The van der Waals surface area contributed by atoms with Gasteiger partial charge in [0.15, 0.2) is 0 Å². The van der Waals surface area contributed by atoms with Gasteiger partial charge >= 0.3 is 0 Å². The molecule has 1 aromatic carbocycles. The zero-order valence-electron chi connectivity index (χ0n) is 12.0. The molecular formula is C14H18N4O2S. The van der Waals surface area contributed by atoms with Crippen molar-refractivity contribution in [2.75, 3.05) is 12.8 Å². The molecule has 1 amide bonds. The molecule has 0 saturated heterocycles. The number of thioether (sulfide) groups is 1. The molecule has 2 N–H and O–H groups in total. The van der Waals surface area contributed by atoms with Crippen molar-refractivity contribution in [1.29, 1.82) is 0 Å². The molecule has 7 heteroatoms. The first-order valence-corrected chi connectivity index (χ1v) is 7.56. The number of nitrogens with two attached hydrogens (primary N) is 1. The highest BCUT2D eigenvalue weighted by Gasteiger charge is 2.18. The Kier molecular flexibility index (Phi) is 5.35. The Bertz CT molecular complexity index is 588. The molecule has 0 aliphatic carbocycles. The molecule has 1 unspecified atom stereocenters. The van der Waals surface area contributed by atoms with E-state index >= 15 is 0 Å². The van der Waals surface area contributed by atoms with Crippen LogP contribution in [0.4, 0.5) is 0 Å². The highest BCUT2D eigenvalue weighted by molar-refractivity contribution is 7.99. The lowest BCUT2D eigenvalue weighted by Gasteiger charge is -2.25. The van der Waals surface area contributed by atoms with Gasteiger partial charge < -0.3 is 15.1 Å². The maximum absolute atomic E-state index is 12.2. The van der Waals surface area contributed by atoms with E-state index in [1.165, 1.54) is 11.8 Å². The number of aromatic nitrogens is 2. The van der Waals surface area contributed by atoms with Gasteiger partial charge in [-0.05, 0) is 12.5 Å². The number of hydrogen-bond donors (Lipinski definition) is 1. The lowest BCUT2D eigenvalue weighted by Crippen LogP contribution is -2.31. The van der Waals surface area contributed by atoms with Crippen LogP contribution in [-0.4, -0.2) is 33.8 Å². The second kappa shape index (κ2) is 7.24. The van der Waals surface area contributed by atoms with E-state index in [9.17, 15) is 4.79 Å². The minimum Gasteiger partial charge on any atom is -0.415 e. The second-order valence-electron chi connectivity index (χ2n) is 4.55. The molecule has 0 fully saturated rings. The fourth-order valence-electron chi connectivity index (χ4n) is 1.78. The molecule has 0 radical (unpaired) electrons. The summed E-state index contributed by atoms with van der Waals surface area (Å²) in [6.45, 7) is 2.20. The van der Waals surface area contributed by atoms with Gasteiger partial charge in [0.25, 0.3) is 5.22 Å². The fourth-order valence-corrected chi connectivity index (χ4v) is 2.48. The van der Waals surface area contributed by atoms with Crippen LogP contribution in [0.2, 0.25) is 0 Å². The minimum absolute atomic E-state index is 0.00357. The highest BCUT2D eigenvalue weighted by Crippen LogP contribution is 2.21. The van der Waals surface area contributed by atoms with Crippen LogP contribution in [0.5, 0.6) is 0 Å². The van der Waals surface area contributed by atoms with E-state index in [0.29, 0.717) is 11.1 Å². The number of amides is 1. The summed E-state index contributed by atoms with van der Waals surface area (Å²) in [6, 6.07) is 9.91. The molecule has 0 aliphatic heterocycles. The Morgan fingerprint density at radius 2 is 2.10 bits per heavy atom. The van der Waals surface area contributed by atoms with E-state index < -0.39 is 0 Å². The molecule has 0 bridgehead atoms. The summed E-state index contributed by atoms with van der Waals surface area (Å²) in [5.74, 6) is 0.625. The van der Waals surface area contributed by atoms with Gasteiger partial charge in [-0.15, -0.1) is 10.2 Å². The molecule has 2 rings (SSSR count). The van der Waals surface area contributed by atoms with Crippen molar-refractivity contribution >= 4 is 17.7 Å². The predicted molar refractivity (Wildman–Crippen MR) is 80.5 cm³/mol. The quantitative estimate of drug-likeness (QED) is 0.820. The Morgan fingerprint density at radius 1 is 1.38 bits per heavy atom. The number of carbonyl (C=O) groups is 1. The lowest BCUT2D eigenvalue weighted by molar-refractivity contribution is -0.128. The molecule has 0 spiro atoms. The highest BCUT2D eigenvalue weighted by atomic mass is 32.2. The van der Waals surface area contributed by atoms with Gasteiger partial charge in [-0.1, -0.05) is 42.1 Å². The van der Waals surface area contributed by atoms with Crippen molar-refractivity contribution in [2.45, 2.75) is 24.7 Å². The van der Waals surface area contributed by atoms with Crippen LogP contribution in [0, 0.1) is 0 Å². The van der Waals surface area contributed by atoms with Crippen molar-refractivity contribution in [3.8, 4) is 0 Å². The molecule has 21 heavy (non-hydrogen) atoms. The van der Waals surface area contributed by atoms with E-state index in [1.54, 1.807) is 11.9 Å². The number of carbonyl (C=O) groups excluding carboxylic acids is 1. The molecule has 1 heterocycles. The van der Waals surface area contributed by atoms with Crippen molar-refractivity contribution in [1.82, 2.24) is 15.1 Å². The minimum atomic E-state index is 0.00357. The second-order valence-corrected chi connectivity index (χ2v) is 5.47. The summed E-state index contributed by atoms with van der Waals surface area (Å²) in [5.41, 5.74) is 6.49. The summed E-state index contributed by atoms with van der Waals surface area (Å²) < 4.78 is 5.25. The summed E-state index contributed by atoms with van der Waals surface area (Å²) in [4.78, 5) is 13.9. The van der Waals surface area contributed by atoms with Crippen molar-refractivity contribution in [2.24, 2.45) is 5.73 Å². The summed E-state index contributed by atoms with van der Waals surface area (Å²) in [6.07, 6.45) is 0. The van der Waals surface area contributed by atoms with Crippen LogP contribution in [-0.2, 0) is 11.3 Å². The molecular weight excluding hydrogens is 288 g/mol. The first kappa shape index (κ1) is 15.5. The van der Waals surface area contributed by atoms with Gasteiger partial charge in [-0.2, -0.15) is 0 Å². The van der Waals surface area contributed by atoms with Crippen molar-refractivity contribution < 1.29 is 9.21 Å². The van der Waals surface area contributed by atoms with E-state index in [-0.39, 0.29) is 24.2 Å². The summed E-state index contributed by atoms with van der Waals surface area (Å²) in [5, 5.41) is 7.93. The van der Waals surface area contributed by atoms with Crippen LogP contribution in [0.1, 0.15) is 24.4 Å². The number of hydrogen-bond acceptors (Lipinski definition) is 6. The van der Waals surface area contributed by atoms with E-state index in [2.05, 4.69) is 10.2 Å². The van der Waals surface area contributed by atoms with Crippen molar-refractivity contribution in [3.63, 3.8) is 0 Å². The van der Waals surface area contributed by atoms with E-state index in [0.717, 1.165) is 5.56 Å². The Labute approximate surface area is 127 Å². The van der Waals surface area contributed by atoms with Crippen molar-refractivity contribution in [3.05, 3.63) is 41.8 Å². The first-order valence-electron chi connectivity index (χ1n) is 6.57. The van der Waals surface area contributed by atoms with Crippen LogP contribution >= 0.6 is 11.8 Å². The van der Waals surface area contributed by atoms with Crippen LogP contribution in [0.15, 0.2) is 40.0 Å². The molecule has 1 atom stereocenters. The third kappa shape index (κ3) is 4.05. The largest absolute Gasteiger partial charge is 0.415 e. The normalized spacial score (nSPS) is 12.1. The lowest BCUT2D eigenvalue weighted by atomic mass is 10.1. The average Bonchev–Trinajstić information content (AvgIpc) is 3.00. The topological polar surface area (TPSA) is 85.2 Å². The molecule has 2 aromatic rings. The maximum Gasteiger partial charge on any atom is 0.277 e. The van der Waals surface area contributed by atoms with Gasteiger partial charge in [0.1, 0.15) is 0 Å². The van der Waals surface area contributed by atoms with Crippen LogP contribution in [0.3, 0.4) is 0 Å². The smallest absolute Gasteiger partial charge is 0.277 e.